The summed E-state index contributed by atoms with van der Waals surface area (Å²) in [7, 11) is 0. The zero-order chi connectivity index (χ0) is 19.9. The Bertz CT molecular complexity index is 1030. The molecule has 0 saturated carbocycles. The Hall–Kier alpha value is -3.26. The molecule has 1 heterocycles. The van der Waals surface area contributed by atoms with E-state index in [-0.39, 0.29) is 11.6 Å². The summed E-state index contributed by atoms with van der Waals surface area (Å²) in [6, 6.07) is 13.6. The predicted octanol–water partition coefficient (Wildman–Crippen LogP) is 4.75. The fourth-order valence-corrected chi connectivity index (χ4v) is 3.45. The lowest BCUT2D eigenvalue weighted by molar-refractivity contribution is -0.384. The van der Waals surface area contributed by atoms with Crippen LogP contribution in [0.25, 0.3) is 10.1 Å². The number of benzene rings is 2. The van der Waals surface area contributed by atoms with Crippen molar-refractivity contribution in [3.63, 3.8) is 0 Å². The van der Waals surface area contributed by atoms with Crippen LogP contribution >= 0.6 is 11.3 Å². The normalized spacial score (nSPS) is 11.0. The molecule has 1 N–H and O–H groups in total. The Kier molecular flexibility index (Phi) is 6.33. The maximum absolute atomic E-state index is 12.3. The summed E-state index contributed by atoms with van der Waals surface area (Å²) in [6.07, 6.45) is 3.55. The maximum Gasteiger partial charge on any atom is 0.281 e. The number of nitro benzene ring substituents is 1. The molecule has 0 unspecified atom stereocenters. The van der Waals surface area contributed by atoms with Crippen molar-refractivity contribution in [2.45, 2.75) is 19.8 Å². The topological polar surface area (TPSA) is 93.8 Å². The van der Waals surface area contributed by atoms with Gasteiger partial charge < -0.3 is 4.74 Å². The molecule has 0 spiro atoms. The van der Waals surface area contributed by atoms with Gasteiger partial charge in [0.2, 0.25) is 0 Å². The number of nitro groups is 1. The van der Waals surface area contributed by atoms with Gasteiger partial charge in [-0.15, -0.1) is 11.3 Å². The van der Waals surface area contributed by atoms with Crippen molar-refractivity contribution in [1.82, 2.24) is 5.43 Å². The summed E-state index contributed by atoms with van der Waals surface area (Å²) in [5, 5.41) is 15.5. The average Bonchev–Trinajstić information content (AvgIpc) is 3.12. The second kappa shape index (κ2) is 9.09. The van der Waals surface area contributed by atoms with Crippen LogP contribution in [0.4, 0.5) is 5.69 Å². The van der Waals surface area contributed by atoms with E-state index in [0.717, 1.165) is 23.1 Å². The summed E-state index contributed by atoms with van der Waals surface area (Å²) >= 11 is 1.26. The minimum atomic E-state index is -0.457. The number of carbonyl (C=O) groups is 1. The third-order valence-corrected chi connectivity index (χ3v) is 5.09. The number of thiophene rings is 1. The highest BCUT2D eigenvalue weighted by atomic mass is 32.1. The number of unbranched alkanes of at least 4 members (excludes halogenated alkanes) is 1. The van der Waals surface area contributed by atoms with Gasteiger partial charge in [-0.25, -0.2) is 5.43 Å². The summed E-state index contributed by atoms with van der Waals surface area (Å²) in [4.78, 5) is 23.2. The van der Waals surface area contributed by atoms with Gasteiger partial charge in [0.15, 0.2) is 0 Å². The second-order valence-electron chi connectivity index (χ2n) is 6.03. The zero-order valence-corrected chi connectivity index (χ0v) is 16.1. The molecule has 3 aromatic rings. The van der Waals surface area contributed by atoms with Crippen molar-refractivity contribution < 1.29 is 14.5 Å². The molecule has 1 amide bonds. The van der Waals surface area contributed by atoms with Crippen LogP contribution in [0.3, 0.4) is 0 Å². The van der Waals surface area contributed by atoms with Crippen LogP contribution in [-0.2, 0) is 0 Å². The van der Waals surface area contributed by atoms with Gasteiger partial charge in [0.05, 0.1) is 22.6 Å². The van der Waals surface area contributed by atoms with Crippen molar-refractivity contribution in [3.8, 4) is 5.75 Å². The molecule has 0 aliphatic rings. The number of para-hydroxylation sites is 1. The molecular formula is C20H19N3O4S. The molecule has 144 valence electrons. The Morgan fingerprint density at radius 1 is 1.29 bits per heavy atom. The molecule has 7 nitrogen and oxygen atoms in total. The standard InChI is InChI=1S/C20H19N3O4S/c1-2-3-10-27-17-7-5-4-6-14(17)13-21-22-20(24)19-12-15-11-16(23(25)26)8-9-18(15)28-19/h4-9,11-13H,2-3,10H2,1H3,(H,22,24)/b21-13+. The molecule has 3 rings (SSSR count). The summed E-state index contributed by atoms with van der Waals surface area (Å²) in [5.41, 5.74) is 3.26. The van der Waals surface area contributed by atoms with Gasteiger partial charge in [-0.05, 0) is 30.7 Å². The van der Waals surface area contributed by atoms with Crippen LogP contribution < -0.4 is 10.2 Å². The van der Waals surface area contributed by atoms with Gasteiger partial charge in [-0.1, -0.05) is 25.5 Å². The SMILES string of the molecule is CCCCOc1ccccc1/C=N/NC(=O)c1cc2cc([N+](=O)[O-])ccc2s1. The Morgan fingerprint density at radius 3 is 2.89 bits per heavy atom. The highest BCUT2D eigenvalue weighted by Gasteiger charge is 2.13. The fraction of sp³-hybridized carbons (Fsp3) is 0.200. The number of ether oxygens (including phenoxy) is 1. The first kappa shape index (κ1) is 19.5. The molecule has 1 aromatic heterocycles. The van der Waals surface area contributed by atoms with Crippen LogP contribution in [0.1, 0.15) is 35.0 Å². The van der Waals surface area contributed by atoms with E-state index >= 15 is 0 Å². The van der Waals surface area contributed by atoms with E-state index in [1.165, 1.54) is 29.7 Å². The van der Waals surface area contributed by atoms with Crippen molar-refractivity contribution in [1.29, 1.82) is 0 Å². The molecule has 0 aliphatic carbocycles. The lowest BCUT2D eigenvalue weighted by Crippen LogP contribution is -2.16. The molecule has 8 heteroatoms. The fourth-order valence-electron chi connectivity index (χ4n) is 2.52. The van der Waals surface area contributed by atoms with E-state index in [2.05, 4.69) is 17.5 Å². The van der Waals surface area contributed by atoms with Crippen molar-refractivity contribution in [2.75, 3.05) is 6.61 Å². The van der Waals surface area contributed by atoms with E-state index in [1.54, 1.807) is 12.1 Å². The highest BCUT2D eigenvalue weighted by Crippen LogP contribution is 2.28. The second-order valence-corrected chi connectivity index (χ2v) is 7.11. The van der Waals surface area contributed by atoms with Gasteiger partial charge in [0.25, 0.3) is 11.6 Å². The van der Waals surface area contributed by atoms with E-state index in [1.807, 2.05) is 24.3 Å². The minimum Gasteiger partial charge on any atom is -0.493 e. The number of rotatable bonds is 8. The number of non-ortho nitro benzene ring substituents is 1. The Balaban J connectivity index is 1.69. The smallest absolute Gasteiger partial charge is 0.281 e. The summed E-state index contributed by atoms with van der Waals surface area (Å²) in [6.45, 7) is 2.72. The van der Waals surface area contributed by atoms with Crippen LogP contribution in [0.15, 0.2) is 53.6 Å². The quantitative estimate of drug-likeness (QED) is 0.257. The number of fused-ring (bicyclic) bond motifs is 1. The number of nitrogens with one attached hydrogen (secondary N) is 1. The van der Waals surface area contributed by atoms with Crippen LogP contribution in [0.2, 0.25) is 0 Å². The number of hydrogen-bond acceptors (Lipinski definition) is 6. The summed E-state index contributed by atoms with van der Waals surface area (Å²) in [5.74, 6) is 0.340. The summed E-state index contributed by atoms with van der Waals surface area (Å²) < 4.78 is 6.53. The molecule has 0 saturated heterocycles. The first-order valence-electron chi connectivity index (χ1n) is 8.81. The lowest BCUT2D eigenvalue weighted by Gasteiger charge is -2.07. The molecule has 0 aliphatic heterocycles. The van der Waals surface area contributed by atoms with E-state index < -0.39 is 4.92 Å². The Labute approximate surface area is 165 Å². The van der Waals surface area contributed by atoms with E-state index in [4.69, 9.17) is 4.74 Å². The largest absolute Gasteiger partial charge is 0.493 e. The number of carbonyl (C=O) groups excluding carboxylic acids is 1. The number of hydrogen-bond donors (Lipinski definition) is 1. The Morgan fingerprint density at radius 2 is 2.11 bits per heavy atom. The maximum atomic E-state index is 12.3. The zero-order valence-electron chi connectivity index (χ0n) is 15.3. The van der Waals surface area contributed by atoms with Crippen LogP contribution in [0.5, 0.6) is 5.75 Å². The first-order chi connectivity index (χ1) is 13.6. The lowest BCUT2D eigenvalue weighted by atomic mass is 10.2. The van der Waals surface area contributed by atoms with Gasteiger partial charge in [0.1, 0.15) is 5.75 Å². The van der Waals surface area contributed by atoms with E-state index in [0.29, 0.717) is 22.6 Å². The molecule has 0 radical (unpaired) electrons. The molecule has 0 fully saturated rings. The number of nitrogens with zero attached hydrogens (tertiary/aromatic N) is 2. The number of amides is 1. The number of hydrazone groups is 1. The van der Waals surface area contributed by atoms with E-state index in [9.17, 15) is 14.9 Å². The minimum absolute atomic E-state index is 0.00467. The van der Waals surface area contributed by atoms with Crippen LogP contribution in [-0.4, -0.2) is 23.7 Å². The third-order valence-electron chi connectivity index (χ3n) is 3.98. The van der Waals surface area contributed by atoms with Gasteiger partial charge in [-0.3, -0.25) is 14.9 Å². The average molecular weight is 397 g/mol. The van der Waals surface area contributed by atoms with Gasteiger partial charge in [-0.2, -0.15) is 5.10 Å². The molecule has 0 bridgehead atoms. The van der Waals surface area contributed by atoms with Crippen molar-refractivity contribution in [3.05, 3.63) is 69.1 Å². The van der Waals surface area contributed by atoms with Crippen LogP contribution in [0, 0.1) is 10.1 Å². The predicted molar refractivity (Wildman–Crippen MR) is 110 cm³/mol. The molecule has 2 aromatic carbocycles. The van der Waals surface area contributed by atoms with Gasteiger partial charge >= 0.3 is 0 Å². The molecule has 28 heavy (non-hydrogen) atoms. The van der Waals surface area contributed by atoms with Crippen molar-refractivity contribution >= 4 is 39.2 Å². The third kappa shape index (κ3) is 4.72. The van der Waals surface area contributed by atoms with Gasteiger partial charge in [0, 0.05) is 27.8 Å². The molecular weight excluding hydrogens is 378 g/mol. The molecule has 0 atom stereocenters. The van der Waals surface area contributed by atoms with Crippen molar-refractivity contribution in [2.24, 2.45) is 5.10 Å². The highest BCUT2D eigenvalue weighted by molar-refractivity contribution is 7.20. The first-order valence-corrected chi connectivity index (χ1v) is 9.63. The monoisotopic (exact) mass is 397 g/mol.